The van der Waals surface area contributed by atoms with Crippen LogP contribution in [0.3, 0.4) is 0 Å². The summed E-state index contributed by atoms with van der Waals surface area (Å²) in [6.07, 6.45) is 3.52. The second-order valence-electron chi connectivity index (χ2n) is 14.7. The molecule has 1 fully saturated rings. The van der Waals surface area contributed by atoms with E-state index in [0.717, 1.165) is 23.3 Å². The number of likely N-dealkylation sites (tertiary alicyclic amines) is 1. The zero-order valence-electron chi connectivity index (χ0n) is 28.3. The SMILES string of the molecule is CC(C)(C)OC(=O)NC(C)(C)C(=O)NC(C[C@@H]1CCOc2ccccc2C1)C(=O)N1CCC2(CC1)CN(S(C)(=O)=O)c1ccccc12. The van der Waals surface area contributed by atoms with Crippen LogP contribution in [-0.2, 0) is 36.2 Å². The molecule has 2 aromatic rings. The molecule has 0 bridgehead atoms. The molecule has 0 radical (unpaired) electrons. The summed E-state index contributed by atoms with van der Waals surface area (Å²) in [6, 6.07) is 14.7. The second-order valence-corrected chi connectivity index (χ2v) is 16.6. The summed E-state index contributed by atoms with van der Waals surface area (Å²) in [7, 11) is -3.47. The van der Waals surface area contributed by atoms with Gasteiger partial charge in [-0.1, -0.05) is 36.4 Å². The highest BCUT2D eigenvalue weighted by atomic mass is 32.2. The molecule has 3 aliphatic heterocycles. The van der Waals surface area contributed by atoms with E-state index in [-0.39, 0.29) is 11.8 Å². The number of benzene rings is 2. The summed E-state index contributed by atoms with van der Waals surface area (Å²) in [4.78, 5) is 42.4. The zero-order chi connectivity index (χ0) is 34.2. The Morgan fingerprint density at radius 2 is 1.68 bits per heavy atom. The number of sulfonamides is 1. The van der Waals surface area contributed by atoms with Crippen LogP contribution < -0.4 is 19.7 Å². The van der Waals surface area contributed by atoms with Crippen molar-refractivity contribution in [1.29, 1.82) is 0 Å². The fourth-order valence-corrected chi connectivity index (χ4v) is 7.95. The first-order valence-corrected chi connectivity index (χ1v) is 18.2. The number of amides is 3. The minimum Gasteiger partial charge on any atom is -0.493 e. The lowest BCUT2D eigenvalue weighted by Crippen LogP contribution is -2.60. The number of nitrogens with one attached hydrogen (secondary N) is 2. The Kier molecular flexibility index (Phi) is 9.56. The van der Waals surface area contributed by atoms with E-state index in [1.54, 1.807) is 39.5 Å². The molecule has 11 nitrogen and oxygen atoms in total. The first kappa shape index (κ1) is 34.5. The van der Waals surface area contributed by atoms with Crippen molar-refractivity contribution in [3.63, 3.8) is 0 Å². The Hall–Kier alpha value is -3.80. The number of alkyl carbamates (subject to hydrolysis) is 1. The molecular weight excluding hydrogens is 620 g/mol. The summed E-state index contributed by atoms with van der Waals surface area (Å²) >= 11 is 0. The molecule has 1 unspecified atom stereocenters. The van der Waals surface area contributed by atoms with Crippen LogP contribution in [0.15, 0.2) is 48.5 Å². The normalized spacial score (nSPS) is 19.9. The Bertz CT molecular complexity index is 1610. The number of nitrogens with zero attached hydrogens (tertiary/aromatic N) is 2. The van der Waals surface area contributed by atoms with Gasteiger partial charge in [-0.15, -0.1) is 0 Å². The van der Waals surface area contributed by atoms with Crippen LogP contribution in [0, 0.1) is 5.92 Å². The number of anilines is 1. The van der Waals surface area contributed by atoms with Crippen LogP contribution in [0.1, 0.15) is 71.4 Å². The molecule has 5 rings (SSSR count). The molecule has 47 heavy (non-hydrogen) atoms. The van der Waals surface area contributed by atoms with Gasteiger partial charge in [-0.05, 0) is 95.9 Å². The number of ether oxygens (including phenoxy) is 2. The Balaban J connectivity index is 1.34. The summed E-state index contributed by atoms with van der Waals surface area (Å²) in [6.45, 7) is 10.1. The predicted molar refractivity (Wildman–Crippen MR) is 180 cm³/mol. The molecule has 2 aromatic carbocycles. The highest BCUT2D eigenvalue weighted by Gasteiger charge is 2.48. The molecule has 0 aliphatic carbocycles. The Morgan fingerprint density at radius 3 is 2.36 bits per heavy atom. The van der Waals surface area contributed by atoms with Gasteiger partial charge < -0.3 is 25.0 Å². The van der Waals surface area contributed by atoms with Crippen molar-refractivity contribution in [2.75, 3.05) is 36.8 Å². The van der Waals surface area contributed by atoms with Gasteiger partial charge in [0.25, 0.3) is 0 Å². The zero-order valence-corrected chi connectivity index (χ0v) is 29.1. The van der Waals surface area contributed by atoms with Gasteiger partial charge in [0.2, 0.25) is 21.8 Å². The smallest absolute Gasteiger partial charge is 0.408 e. The molecule has 3 aliphatic rings. The van der Waals surface area contributed by atoms with E-state index in [2.05, 4.69) is 10.6 Å². The van der Waals surface area contributed by atoms with Gasteiger partial charge in [0.1, 0.15) is 22.9 Å². The quantitative estimate of drug-likeness (QED) is 0.453. The molecule has 1 saturated heterocycles. The third kappa shape index (κ3) is 7.85. The molecule has 2 N–H and O–H groups in total. The lowest BCUT2D eigenvalue weighted by molar-refractivity contribution is -0.139. The number of hydrogen-bond donors (Lipinski definition) is 2. The van der Waals surface area contributed by atoms with E-state index in [1.165, 1.54) is 10.6 Å². The molecule has 12 heteroatoms. The molecular formula is C35H48N4O7S. The molecule has 1 spiro atoms. The van der Waals surface area contributed by atoms with Crippen molar-refractivity contribution >= 4 is 33.6 Å². The average Bonchev–Trinajstić information content (AvgIpc) is 3.16. The summed E-state index contributed by atoms with van der Waals surface area (Å²) in [5, 5.41) is 5.64. The Morgan fingerprint density at radius 1 is 1.02 bits per heavy atom. The maximum atomic E-state index is 14.3. The third-order valence-electron chi connectivity index (χ3n) is 9.44. The van der Waals surface area contributed by atoms with Gasteiger partial charge in [-0.2, -0.15) is 0 Å². The van der Waals surface area contributed by atoms with Crippen LogP contribution in [-0.4, -0.2) is 80.9 Å². The molecule has 0 saturated carbocycles. The number of carbonyl (C=O) groups excluding carboxylic acids is 3. The molecule has 3 heterocycles. The number of para-hydroxylation sites is 2. The largest absolute Gasteiger partial charge is 0.493 e. The topological polar surface area (TPSA) is 134 Å². The molecule has 0 aromatic heterocycles. The van der Waals surface area contributed by atoms with Crippen LogP contribution in [0.2, 0.25) is 0 Å². The van der Waals surface area contributed by atoms with Gasteiger partial charge in [-0.3, -0.25) is 13.9 Å². The van der Waals surface area contributed by atoms with E-state index in [4.69, 9.17) is 9.47 Å². The monoisotopic (exact) mass is 668 g/mol. The first-order chi connectivity index (χ1) is 22.0. The number of piperidine rings is 1. The van der Waals surface area contributed by atoms with Crippen molar-refractivity contribution < 1.29 is 32.3 Å². The number of rotatable bonds is 7. The van der Waals surface area contributed by atoms with Crippen molar-refractivity contribution in [2.24, 2.45) is 5.92 Å². The summed E-state index contributed by atoms with van der Waals surface area (Å²) in [5.74, 6) is 0.224. The second kappa shape index (κ2) is 13.0. The van der Waals surface area contributed by atoms with E-state index in [1.807, 2.05) is 48.5 Å². The molecule has 256 valence electrons. The predicted octanol–water partition coefficient (Wildman–Crippen LogP) is 4.15. The van der Waals surface area contributed by atoms with Crippen molar-refractivity contribution in [3.05, 3.63) is 59.7 Å². The maximum absolute atomic E-state index is 14.3. The van der Waals surface area contributed by atoms with Crippen LogP contribution in [0.5, 0.6) is 5.75 Å². The summed E-state index contributed by atoms with van der Waals surface area (Å²) in [5.41, 5.74) is 0.280. The highest BCUT2D eigenvalue weighted by molar-refractivity contribution is 7.92. The third-order valence-corrected chi connectivity index (χ3v) is 10.6. The first-order valence-electron chi connectivity index (χ1n) is 16.4. The molecule has 3 amide bonds. The lowest BCUT2D eigenvalue weighted by Gasteiger charge is -2.41. The number of fused-ring (bicyclic) bond motifs is 3. The van der Waals surface area contributed by atoms with Crippen molar-refractivity contribution in [2.45, 2.75) is 89.3 Å². The van der Waals surface area contributed by atoms with Crippen molar-refractivity contribution in [1.82, 2.24) is 15.5 Å². The fraction of sp³-hybridized carbons (Fsp3) is 0.571. The minimum atomic E-state index is -3.47. The van der Waals surface area contributed by atoms with E-state index >= 15 is 0 Å². The number of carbonyl (C=O) groups is 3. The average molecular weight is 669 g/mol. The maximum Gasteiger partial charge on any atom is 0.408 e. The van der Waals surface area contributed by atoms with E-state index in [0.29, 0.717) is 57.6 Å². The van der Waals surface area contributed by atoms with Crippen LogP contribution in [0.25, 0.3) is 0 Å². The Labute approximate surface area is 278 Å². The number of hydrogen-bond acceptors (Lipinski definition) is 7. The highest BCUT2D eigenvalue weighted by Crippen LogP contribution is 2.48. The van der Waals surface area contributed by atoms with Crippen molar-refractivity contribution in [3.8, 4) is 5.75 Å². The van der Waals surface area contributed by atoms with Gasteiger partial charge in [0.05, 0.1) is 18.6 Å². The van der Waals surface area contributed by atoms with Gasteiger partial charge in [0.15, 0.2) is 0 Å². The van der Waals surface area contributed by atoms with Gasteiger partial charge >= 0.3 is 6.09 Å². The minimum absolute atomic E-state index is 0.0657. The van der Waals surface area contributed by atoms with Gasteiger partial charge in [0, 0.05) is 25.0 Å². The summed E-state index contributed by atoms with van der Waals surface area (Å²) < 4.78 is 38.2. The van der Waals surface area contributed by atoms with E-state index in [9.17, 15) is 22.8 Å². The molecule has 2 atom stereocenters. The van der Waals surface area contributed by atoms with Crippen LogP contribution >= 0.6 is 0 Å². The lowest BCUT2D eigenvalue weighted by atomic mass is 9.74. The van der Waals surface area contributed by atoms with Crippen LogP contribution in [0.4, 0.5) is 10.5 Å². The van der Waals surface area contributed by atoms with Gasteiger partial charge in [-0.25, -0.2) is 13.2 Å². The standard InChI is InChI=1S/C35H48N4O7S/c1-33(2,3)46-32(42)37-34(4,5)31(41)36-27(22-24-15-20-45-29-14-10-7-11-25(29)21-24)30(40)38-18-16-35(17-19-38)23-39(47(6,43)44)28-13-9-8-12-26(28)35/h7-14,24,27H,15-23H2,1-6H3,(H,36,41)(H,37,42)/t24-,27?/m1/s1. The van der Waals surface area contributed by atoms with E-state index < -0.39 is 44.6 Å². The fourth-order valence-electron chi connectivity index (χ4n) is 6.96.